The molecular weight excluding hydrogens is 220 g/mol. The summed E-state index contributed by atoms with van der Waals surface area (Å²) in [7, 11) is 0. The molecule has 3 rings (SSSR count). The van der Waals surface area contributed by atoms with E-state index in [9.17, 15) is 0 Å². The van der Waals surface area contributed by atoms with Gasteiger partial charge in [0, 0.05) is 24.8 Å². The van der Waals surface area contributed by atoms with Crippen LogP contribution in [0.25, 0.3) is 0 Å². The smallest absolute Gasteiger partial charge is 0.0376 e. The van der Waals surface area contributed by atoms with Crippen LogP contribution in [-0.4, -0.2) is 12.6 Å². The van der Waals surface area contributed by atoms with Crippen LogP contribution in [0.3, 0.4) is 0 Å². The van der Waals surface area contributed by atoms with Gasteiger partial charge in [-0.25, -0.2) is 0 Å². The lowest BCUT2D eigenvalue weighted by molar-refractivity contribution is 0.457. The molecule has 2 N–H and O–H groups in total. The Balaban J connectivity index is 1.65. The molecule has 1 aromatic rings. The largest absolute Gasteiger partial charge is 0.384 e. The fourth-order valence-corrected chi connectivity index (χ4v) is 3.37. The molecule has 1 aliphatic carbocycles. The fraction of sp³-hybridized carbons (Fsp3) is 0.625. The summed E-state index contributed by atoms with van der Waals surface area (Å²) in [5.41, 5.74) is 5.03. The van der Waals surface area contributed by atoms with Gasteiger partial charge in [0.1, 0.15) is 0 Å². The first-order valence-corrected chi connectivity index (χ1v) is 7.02. The molecule has 18 heavy (non-hydrogen) atoms. The predicted molar refractivity (Wildman–Crippen MR) is 76.8 cm³/mol. The topological polar surface area (TPSA) is 24.1 Å². The van der Waals surface area contributed by atoms with Gasteiger partial charge < -0.3 is 10.6 Å². The Labute approximate surface area is 110 Å². The van der Waals surface area contributed by atoms with Gasteiger partial charge in [0.15, 0.2) is 0 Å². The van der Waals surface area contributed by atoms with Crippen molar-refractivity contribution >= 4 is 5.69 Å². The van der Waals surface area contributed by atoms with Gasteiger partial charge in [-0.3, -0.25) is 0 Å². The van der Waals surface area contributed by atoms with E-state index < -0.39 is 0 Å². The molecule has 1 fully saturated rings. The molecule has 0 saturated heterocycles. The summed E-state index contributed by atoms with van der Waals surface area (Å²) in [4.78, 5) is 0. The van der Waals surface area contributed by atoms with Gasteiger partial charge in [-0.05, 0) is 34.4 Å². The van der Waals surface area contributed by atoms with Crippen LogP contribution < -0.4 is 10.6 Å². The van der Waals surface area contributed by atoms with Crippen LogP contribution in [0.15, 0.2) is 18.2 Å². The Bertz CT molecular complexity index is 460. The van der Waals surface area contributed by atoms with Crippen LogP contribution in [0, 0.1) is 10.8 Å². The Morgan fingerprint density at radius 1 is 1.22 bits per heavy atom. The summed E-state index contributed by atoms with van der Waals surface area (Å²) in [6.07, 6.45) is 1.17. The average Bonchev–Trinajstić information content (AvgIpc) is 2.70. The second-order valence-electron chi connectivity index (χ2n) is 6.93. The van der Waals surface area contributed by atoms with E-state index in [1.807, 2.05) is 0 Å². The number of hydrogen-bond acceptors (Lipinski definition) is 2. The first kappa shape index (κ1) is 12.0. The molecular formula is C16H24N2. The number of anilines is 1. The van der Waals surface area contributed by atoms with Crippen molar-refractivity contribution < 1.29 is 0 Å². The SMILES string of the molecule is CC1(C)C(NCc2ccc3c(c2)NCC3)C1(C)C. The highest BCUT2D eigenvalue weighted by Gasteiger charge is 2.64. The number of nitrogens with one attached hydrogen (secondary N) is 2. The van der Waals surface area contributed by atoms with Crippen molar-refractivity contribution in [2.24, 2.45) is 10.8 Å². The average molecular weight is 244 g/mol. The molecule has 0 radical (unpaired) electrons. The molecule has 0 aromatic heterocycles. The molecule has 0 bridgehead atoms. The summed E-state index contributed by atoms with van der Waals surface area (Å²) in [6.45, 7) is 11.5. The molecule has 98 valence electrons. The van der Waals surface area contributed by atoms with E-state index in [1.54, 1.807) is 0 Å². The van der Waals surface area contributed by atoms with Gasteiger partial charge in [0.2, 0.25) is 0 Å². The highest BCUT2D eigenvalue weighted by Crippen LogP contribution is 2.62. The molecule has 2 nitrogen and oxygen atoms in total. The van der Waals surface area contributed by atoms with Crippen LogP contribution >= 0.6 is 0 Å². The van der Waals surface area contributed by atoms with E-state index in [4.69, 9.17) is 0 Å². The van der Waals surface area contributed by atoms with Gasteiger partial charge in [-0.1, -0.05) is 39.8 Å². The highest BCUT2D eigenvalue weighted by molar-refractivity contribution is 5.57. The van der Waals surface area contributed by atoms with E-state index >= 15 is 0 Å². The normalized spacial score (nSPS) is 23.6. The van der Waals surface area contributed by atoms with E-state index in [-0.39, 0.29) is 0 Å². The maximum absolute atomic E-state index is 3.72. The molecule has 0 atom stereocenters. The molecule has 0 amide bonds. The summed E-state index contributed by atoms with van der Waals surface area (Å²) >= 11 is 0. The number of hydrogen-bond donors (Lipinski definition) is 2. The second-order valence-corrected chi connectivity index (χ2v) is 6.93. The van der Waals surface area contributed by atoms with Gasteiger partial charge in [-0.2, -0.15) is 0 Å². The van der Waals surface area contributed by atoms with Gasteiger partial charge in [0.25, 0.3) is 0 Å². The Kier molecular flexibility index (Phi) is 2.50. The Morgan fingerprint density at radius 2 is 1.94 bits per heavy atom. The summed E-state index contributed by atoms with van der Waals surface area (Å²) in [6, 6.07) is 7.47. The van der Waals surface area contributed by atoms with E-state index in [0.29, 0.717) is 16.9 Å². The quantitative estimate of drug-likeness (QED) is 0.853. The monoisotopic (exact) mass is 244 g/mol. The first-order chi connectivity index (χ1) is 8.43. The second kappa shape index (κ2) is 3.74. The standard InChI is InChI=1S/C16H24N2/c1-15(2)14(16(15,3)4)18-10-11-5-6-12-7-8-17-13(12)9-11/h5-6,9,14,17-18H,7-8,10H2,1-4H3. The Hall–Kier alpha value is -1.02. The van der Waals surface area contributed by atoms with Crippen molar-refractivity contribution in [3.63, 3.8) is 0 Å². The van der Waals surface area contributed by atoms with Crippen LogP contribution in [0.5, 0.6) is 0 Å². The third kappa shape index (κ3) is 1.66. The summed E-state index contributed by atoms with van der Waals surface area (Å²) in [5, 5.41) is 7.17. The zero-order valence-corrected chi connectivity index (χ0v) is 11.9. The molecule has 1 saturated carbocycles. The highest BCUT2D eigenvalue weighted by atomic mass is 15.0. The van der Waals surface area contributed by atoms with Gasteiger partial charge in [-0.15, -0.1) is 0 Å². The van der Waals surface area contributed by atoms with Crippen LogP contribution in [0.2, 0.25) is 0 Å². The summed E-state index contributed by atoms with van der Waals surface area (Å²) in [5.74, 6) is 0. The molecule has 0 unspecified atom stereocenters. The van der Waals surface area contributed by atoms with Crippen molar-refractivity contribution in [2.45, 2.75) is 46.7 Å². The van der Waals surface area contributed by atoms with Crippen molar-refractivity contribution in [1.82, 2.24) is 5.32 Å². The lowest BCUT2D eigenvalue weighted by Gasteiger charge is -2.08. The molecule has 1 aromatic carbocycles. The van der Waals surface area contributed by atoms with Gasteiger partial charge in [0.05, 0.1) is 0 Å². The van der Waals surface area contributed by atoms with Crippen molar-refractivity contribution in [3.8, 4) is 0 Å². The molecule has 1 aliphatic heterocycles. The third-order valence-electron chi connectivity index (χ3n) is 5.42. The zero-order valence-electron chi connectivity index (χ0n) is 11.9. The van der Waals surface area contributed by atoms with E-state index in [1.165, 1.54) is 23.2 Å². The number of benzene rings is 1. The van der Waals surface area contributed by atoms with Crippen LogP contribution in [0.1, 0.15) is 38.8 Å². The van der Waals surface area contributed by atoms with E-state index in [2.05, 4.69) is 56.5 Å². The minimum atomic E-state index is 0.419. The summed E-state index contributed by atoms with van der Waals surface area (Å²) < 4.78 is 0. The molecule has 0 spiro atoms. The van der Waals surface area contributed by atoms with Crippen molar-refractivity contribution in [1.29, 1.82) is 0 Å². The van der Waals surface area contributed by atoms with Crippen molar-refractivity contribution in [3.05, 3.63) is 29.3 Å². The minimum absolute atomic E-state index is 0.419. The van der Waals surface area contributed by atoms with Crippen LogP contribution in [-0.2, 0) is 13.0 Å². The molecule has 1 heterocycles. The van der Waals surface area contributed by atoms with E-state index in [0.717, 1.165) is 13.1 Å². The third-order valence-corrected chi connectivity index (χ3v) is 5.42. The lowest BCUT2D eigenvalue weighted by atomic mass is 10.0. The molecule has 2 aliphatic rings. The van der Waals surface area contributed by atoms with Gasteiger partial charge >= 0.3 is 0 Å². The number of rotatable bonds is 3. The van der Waals surface area contributed by atoms with Crippen molar-refractivity contribution in [2.75, 3.05) is 11.9 Å². The maximum Gasteiger partial charge on any atom is 0.0376 e. The fourth-order valence-electron chi connectivity index (χ4n) is 3.37. The lowest BCUT2D eigenvalue weighted by Crippen LogP contribution is -2.21. The van der Waals surface area contributed by atoms with Crippen LogP contribution in [0.4, 0.5) is 5.69 Å². The zero-order chi connectivity index (χ0) is 13.0. The first-order valence-electron chi connectivity index (χ1n) is 7.02. The Morgan fingerprint density at radius 3 is 2.61 bits per heavy atom. The number of fused-ring (bicyclic) bond motifs is 1. The minimum Gasteiger partial charge on any atom is -0.384 e. The maximum atomic E-state index is 3.72. The molecule has 2 heteroatoms. The predicted octanol–water partition coefficient (Wildman–Crippen LogP) is 3.18.